The third-order valence-corrected chi connectivity index (χ3v) is 3.30. The molecule has 0 fully saturated rings. The van der Waals surface area contributed by atoms with Gasteiger partial charge in [-0.25, -0.2) is 0 Å². The highest BCUT2D eigenvalue weighted by Crippen LogP contribution is 2.18. The minimum Gasteiger partial charge on any atom is -0.491 e. The molecule has 0 atom stereocenters. The first kappa shape index (κ1) is 18.8. The smallest absolute Gasteiger partial charge is 0.255 e. The molecule has 2 rings (SSSR count). The summed E-state index contributed by atoms with van der Waals surface area (Å²) >= 11 is 0. The highest BCUT2D eigenvalue weighted by molar-refractivity contribution is 6.04. The van der Waals surface area contributed by atoms with Crippen molar-refractivity contribution in [3.8, 4) is 11.5 Å². The molecule has 0 aliphatic carbocycles. The van der Waals surface area contributed by atoms with Crippen LogP contribution in [0.15, 0.2) is 48.5 Å². The third kappa shape index (κ3) is 6.47. The Morgan fingerprint density at radius 3 is 2.20 bits per heavy atom. The maximum absolute atomic E-state index is 12.3. The first-order valence-electron chi connectivity index (χ1n) is 8.47. The summed E-state index contributed by atoms with van der Waals surface area (Å²) in [5, 5.41) is 2.86. The Morgan fingerprint density at radius 2 is 1.60 bits per heavy atom. The van der Waals surface area contributed by atoms with E-state index in [1.54, 1.807) is 24.3 Å². The van der Waals surface area contributed by atoms with Crippen LogP contribution in [0.2, 0.25) is 0 Å². The molecule has 0 aromatic heterocycles. The van der Waals surface area contributed by atoms with Crippen molar-refractivity contribution in [2.75, 3.05) is 25.1 Å². The second-order valence-electron chi connectivity index (χ2n) is 5.71. The molecule has 134 valence electrons. The van der Waals surface area contributed by atoms with Crippen LogP contribution in [0, 0.1) is 0 Å². The van der Waals surface area contributed by atoms with Gasteiger partial charge in [0.05, 0.1) is 12.7 Å². The van der Waals surface area contributed by atoms with Crippen LogP contribution < -0.4 is 14.8 Å². The molecular formula is C20H25NO4. The van der Waals surface area contributed by atoms with E-state index in [-0.39, 0.29) is 12.0 Å². The van der Waals surface area contributed by atoms with Crippen LogP contribution in [0.5, 0.6) is 11.5 Å². The van der Waals surface area contributed by atoms with Gasteiger partial charge in [0, 0.05) is 17.9 Å². The zero-order valence-electron chi connectivity index (χ0n) is 15.0. The molecule has 0 spiro atoms. The van der Waals surface area contributed by atoms with Crippen molar-refractivity contribution in [3.63, 3.8) is 0 Å². The number of rotatable bonds is 9. The zero-order chi connectivity index (χ0) is 18.1. The maximum atomic E-state index is 12.3. The number of amides is 1. The second kappa shape index (κ2) is 9.69. The lowest BCUT2D eigenvalue weighted by Crippen LogP contribution is -2.12. The summed E-state index contributed by atoms with van der Waals surface area (Å²) in [5.41, 5.74) is 1.29. The van der Waals surface area contributed by atoms with Crippen molar-refractivity contribution in [1.82, 2.24) is 0 Å². The molecular weight excluding hydrogens is 318 g/mol. The van der Waals surface area contributed by atoms with E-state index in [1.165, 1.54) is 0 Å². The van der Waals surface area contributed by atoms with Gasteiger partial charge in [-0.15, -0.1) is 0 Å². The zero-order valence-corrected chi connectivity index (χ0v) is 15.0. The molecule has 0 saturated carbocycles. The fourth-order valence-electron chi connectivity index (χ4n) is 2.16. The van der Waals surface area contributed by atoms with Gasteiger partial charge in [0.25, 0.3) is 5.91 Å². The van der Waals surface area contributed by atoms with E-state index in [0.29, 0.717) is 31.1 Å². The summed E-state index contributed by atoms with van der Waals surface area (Å²) in [5.74, 6) is 1.33. The van der Waals surface area contributed by atoms with Gasteiger partial charge in [-0.05, 0) is 69.3 Å². The normalized spacial score (nSPS) is 10.6. The van der Waals surface area contributed by atoms with Gasteiger partial charge in [-0.1, -0.05) is 0 Å². The summed E-state index contributed by atoms with van der Waals surface area (Å²) in [7, 11) is 0. The van der Waals surface area contributed by atoms with Crippen LogP contribution in [0.3, 0.4) is 0 Å². The van der Waals surface area contributed by atoms with Gasteiger partial charge in [-0.2, -0.15) is 0 Å². The SMILES string of the molecule is CCOCCOc1ccc(NC(=O)c2ccc(OC(C)C)cc2)cc1. The highest BCUT2D eigenvalue weighted by Gasteiger charge is 2.07. The average molecular weight is 343 g/mol. The van der Waals surface area contributed by atoms with Crippen molar-refractivity contribution in [3.05, 3.63) is 54.1 Å². The number of benzene rings is 2. The Hall–Kier alpha value is -2.53. The molecule has 2 aromatic carbocycles. The van der Waals surface area contributed by atoms with Crippen molar-refractivity contribution in [1.29, 1.82) is 0 Å². The van der Waals surface area contributed by atoms with Gasteiger partial charge in [0.2, 0.25) is 0 Å². The minimum absolute atomic E-state index is 0.106. The number of carbonyl (C=O) groups excluding carboxylic acids is 1. The molecule has 2 aromatic rings. The van der Waals surface area contributed by atoms with Crippen molar-refractivity contribution < 1.29 is 19.0 Å². The minimum atomic E-state index is -0.166. The highest BCUT2D eigenvalue weighted by atomic mass is 16.5. The number of hydrogen-bond donors (Lipinski definition) is 1. The lowest BCUT2D eigenvalue weighted by Gasteiger charge is -2.11. The molecule has 1 N–H and O–H groups in total. The van der Waals surface area contributed by atoms with E-state index >= 15 is 0 Å². The Labute approximate surface area is 148 Å². The average Bonchev–Trinajstić information content (AvgIpc) is 2.60. The number of hydrogen-bond acceptors (Lipinski definition) is 4. The van der Waals surface area contributed by atoms with Gasteiger partial charge in [0.15, 0.2) is 0 Å². The molecule has 0 saturated heterocycles. The van der Waals surface area contributed by atoms with Crippen LogP contribution >= 0.6 is 0 Å². The summed E-state index contributed by atoms with van der Waals surface area (Å²) in [6.07, 6.45) is 0.106. The predicted molar refractivity (Wildman–Crippen MR) is 98.6 cm³/mol. The lowest BCUT2D eigenvalue weighted by atomic mass is 10.2. The molecule has 5 nitrogen and oxygen atoms in total. The second-order valence-corrected chi connectivity index (χ2v) is 5.71. The summed E-state index contributed by atoms with van der Waals surface area (Å²) < 4.78 is 16.3. The molecule has 0 unspecified atom stereocenters. The van der Waals surface area contributed by atoms with Crippen LogP contribution in [0.4, 0.5) is 5.69 Å². The molecule has 1 amide bonds. The van der Waals surface area contributed by atoms with Gasteiger partial charge >= 0.3 is 0 Å². The monoisotopic (exact) mass is 343 g/mol. The third-order valence-electron chi connectivity index (χ3n) is 3.30. The molecule has 0 heterocycles. The van der Waals surface area contributed by atoms with E-state index in [0.717, 1.165) is 11.5 Å². The van der Waals surface area contributed by atoms with E-state index < -0.39 is 0 Å². The van der Waals surface area contributed by atoms with Crippen LogP contribution in [-0.4, -0.2) is 31.8 Å². The number of anilines is 1. The lowest BCUT2D eigenvalue weighted by molar-refractivity contribution is 0.102. The molecule has 0 aliphatic rings. The topological polar surface area (TPSA) is 56.8 Å². The first-order chi connectivity index (χ1) is 12.1. The van der Waals surface area contributed by atoms with Crippen LogP contribution in [-0.2, 0) is 4.74 Å². The van der Waals surface area contributed by atoms with Crippen molar-refractivity contribution in [2.24, 2.45) is 0 Å². The van der Waals surface area contributed by atoms with E-state index in [1.807, 2.05) is 45.0 Å². The van der Waals surface area contributed by atoms with E-state index in [9.17, 15) is 4.79 Å². The van der Waals surface area contributed by atoms with Crippen molar-refractivity contribution in [2.45, 2.75) is 26.9 Å². The Balaban J connectivity index is 1.87. The van der Waals surface area contributed by atoms with Gasteiger partial charge in [-0.3, -0.25) is 4.79 Å². The first-order valence-corrected chi connectivity index (χ1v) is 8.47. The predicted octanol–water partition coefficient (Wildman–Crippen LogP) is 4.14. The van der Waals surface area contributed by atoms with Gasteiger partial charge < -0.3 is 19.5 Å². The molecule has 0 radical (unpaired) electrons. The van der Waals surface area contributed by atoms with E-state index in [4.69, 9.17) is 14.2 Å². The Bertz CT molecular complexity index is 650. The van der Waals surface area contributed by atoms with E-state index in [2.05, 4.69) is 5.32 Å². The molecule has 25 heavy (non-hydrogen) atoms. The number of nitrogens with one attached hydrogen (secondary N) is 1. The molecule has 0 aliphatic heterocycles. The maximum Gasteiger partial charge on any atom is 0.255 e. The Kier molecular flexibility index (Phi) is 7.29. The molecule has 0 bridgehead atoms. The summed E-state index contributed by atoms with van der Waals surface area (Å²) in [6.45, 7) is 7.62. The summed E-state index contributed by atoms with van der Waals surface area (Å²) in [4.78, 5) is 12.3. The van der Waals surface area contributed by atoms with Gasteiger partial charge in [0.1, 0.15) is 18.1 Å². The fraction of sp³-hybridized carbons (Fsp3) is 0.350. The molecule has 5 heteroatoms. The van der Waals surface area contributed by atoms with Crippen LogP contribution in [0.1, 0.15) is 31.1 Å². The standard InChI is InChI=1S/C20H25NO4/c1-4-23-13-14-24-18-11-7-17(8-12-18)21-20(22)16-5-9-19(10-6-16)25-15(2)3/h5-12,15H,4,13-14H2,1-3H3,(H,21,22). The number of carbonyl (C=O) groups is 1. The fourth-order valence-corrected chi connectivity index (χ4v) is 2.16. The van der Waals surface area contributed by atoms with Crippen molar-refractivity contribution >= 4 is 11.6 Å². The van der Waals surface area contributed by atoms with Crippen LogP contribution in [0.25, 0.3) is 0 Å². The number of ether oxygens (including phenoxy) is 3. The Morgan fingerprint density at radius 1 is 0.960 bits per heavy atom. The quantitative estimate of drug-likeness (QED) is 0.695. The largest absolute Gasteiger partial charge is 0.491 e. The summed E-state index contributed by atoms with van der Waals surface area (Å²) in [6, 6.07) is 14.3.